The normalized spacial score (nSPS) is 20.7. The van der Waals surface area contributed by atoms with Crippen LogP contribution in [0, 0.1) is 5.41 Å². The summed E-state index contributed by atoms with van der Waals surface area (Å²) >= 11 is 13.9. The number of aromatic carboxylic acids is 1. The minimum absolute atomic E-state index is 0.0601. The fourth-order valence-electron chi connectivity index (χ4n) is 8.18. The van der Waals surface area contributed by atoms with Gasteiger partial charge in [0, 0.05) is 51.8 Å². The third kappa shape index (κ3) is 7.28. The van der Waals surface area contributed by atoms with E-state index in [-0.39, 0.29) is 34.8 Å². The largest absolute Gasteiger partial charge is 0.489 e. The number of halogens is 2. The molecule has 1 aromatic heterocycles. The summed E-state index contributed by atoms with van der Waals surface area (Å²) in [5.74, 6) is -0.935. The topological polar surface area (TPSA) is 145 Å². The number of carboxylic acid groups (broad SMARTS) is 1. The highest BCUT2D eigenvalue weighted by atomic mass is 35.5. The van der Waals surface area contributed by atoms with Crippen molar-refractivity contribution in [1.29, 1.82) is 0 Å². The maximum absolute atomic E-state index is 14.9. The first-order chi connectivity index (χ1) is 25.7. The Bertz CT molecular complexity index is 2170. The van der Waals surface area contributed by atoms with E-state index in [2.05, 4.69) is 81.2 Å². The molecule has 2 aliphatic heterocycles. The lowest BCUT2D eigenvalue weighted by molar-refractivity contribution is -0.118. The molecule has 1 fully saturated rings. The second-order valence-corrected chi connectivity index (χ2v) is 16.5. The minimum Gasteiger partial charge on any atom is -0.489 e. The van der Waals surface area contributed by atoms with Gasteiger partial charge in [0.1, 0.15) is 5.75 Å². The molecule has 2 aliphatic rings. The molecule has 0 radical (unpaired) electrons. The number of aromatic amines is 1. The van der Waals surface area contributed by atoms with Gasteiger partial charge in [0.2, 0.25) is 5.91 Å². The van der Waals surface area contributed by atoms with Crippen LogP contribution >= 0.6 is 23.2 Å². The van der Waals surface area contributed by atoms with E-state index in [0.29, 0.717) is 34.6 Å². The number of aromatic nitrogens is 4. The van der Waals surface area contributed by atoms with Crippen LogP contribution < -0.4 is 20.3 Å². The Morgan fingerprint density at radius 3 is 2.46 bits per heavy atom. The van der Waals surface area contributed by atoms with E-state index in [9.17, 15) is 14.7 Å². The molecule has 0 saturated carbocycles. The molecule has 54 heavy (non-hydrogen) atoms. The van der Waals surface area contributed by atoms with Gasteiger partial charge >= 0.3 is 5.97 Å². The molecule has 13 heteroatoms. The second kappa shape index (κ2) is 14.7. The quantitative estimate of drug-likeness (QED) is 0.111. The SMILES string of the molecule is CC(C)Oc1cc(C(=O)O)ccc1NC(=O)[C@@H]1N[C@@H](CC(C)(C)C)[C@@]2(CN(Cc3ccc(-c4nnn[nH]4)cc3)c3ccc(Cl)cc32)[C@H]1c1ccccc1Cl. The van der Waals surface area contributed by atoms with Gasteiger partial charge in [-0.15, -0.1) is 5.10 Å². The molecule has 280 valence electrons. The molecule has 1 amide bonds. The van der Waals surface area contributed by atoms with Crippen LogP contribution in [0.4, 0.5) is 11.4 Å². The number of nitrogens with zero attached hydrogens (tertiary/aromatic N) is 4. The Balaban J connectivity index is 1.34. The predicted molar refractivity (Wildman–Crippen MR) is 211 cm³/mol. The molecule has 0 bridgehead atoms. The molecule has 4 N–H and O–H groups in total. The molecule has 1 spiro atoms. The summed E-state index contributed by atoms with van der Waals surface area (Å²) in [5.41, 5.74) is 4.58. The smallest absolute Gasteiger partial charge is 0.335 e. The molecule has 3 heterocycles. The summed E-state index contributed by atoms with van der Waals surface area (Å²) in [6.07, 6.45) is 0.484. The van der Waals surface area contributed by atoms with Gasteiger partial charge in [-0.2, -0.15) is 0 Å². The van der Waals surface area contributed by atoms with Gasteiger partial charge in [0.15, 0.2) is 5.82 Å². The zero-order valence-electron chi connectivity index (χ0n) is 30.7. The number of nitrogens with one attached hydrogen (secondary N) is 3. The Morgan fingerprint density at radius 2 is 1.80 bits per heavy atom. The van der Waals surface area contributed by atoms with Crippen molar-refractivity contribution in [2.75, 3.05) is 16.8 Å². The lowest BCUT2D eigenvalue weighted by atomic mass is 9.63. The molecule has 0 unspecified atom stereocenters. The number of ether oxygens (including phenoxy) is 1. The molecule has 11 nitrogen and oxygen atoms in total. The summed E-state index contributed by atoms with van der Waals surface area (Å²) in [6.45, 7) is 11.5. The zero-order valence-corrected chi connectivity index (χ0v) is 32.2. The summed E-state index contributed by atoms with van der Waals surface area (Å²) in [5, 5.41) is 32.1. The van der Waals surface area contributed by atoms with Gasteiger partial charge in [-0.1, -0.05) is 86.4 Å². The van der Waals surface area contributed by atoms with Crippen LogP contribution in [0.3, 0.4) is 0 Å². The summed E-state index contributed by atoms with van der Waals surface area (Å²) in [7, 11) is 0. The van der Waals surface area contributed by atoms with E-state index in [0.717, 1.165) is 34.4 Å². The fraction of sp³-hybridized carbons (Fsp3) is 0.341. The third-order valence-corrected chi connectivity index (χ3v) is 10.9. The van der Waals surface area contributed by atoms with Gasteiger partial charge in [-0.25, -0.2) is 9.89 Å². The van der Waals surface area contributed by atoms with Gasteiger partial charge in [0.05, 0.1) is 23.4 Å². The number of amides is 1. The first kappa shape index (κ1) is 37.3. The number of benzene rings is 4. The van der Waals surface area contributed by atoms with E-state index in [1.54, 1.807) is 6.07 Å². The number of tetrazole rings is 1. The number of anilines is 2. The van der Waals surface area contributed by atoms with Crippen molar-refractivity contribution < 1.29 is 19.4 Å². The zero-order chi connectivity index (χ0) is 38.4. The van der Waals surface area contributed by atoms with Crippen molar-refractivity contribution in [3.8, 4) is 17.1 Å². The number of rotatable bonds is 10. The molecular weight excluding hydrogens is 725 g/mol. The maximum Gasteiger partial charge on any atom is 0.335 e. The van der Waals surface area contributed by atoms with Gasteiger partial charge in [-0.3, -0.25) is 4.79 Å². The first-order valence-corrected chi connectivity index (χ1v) is 18.7. The van der Waals surface area contributed by atoms with E-state index in [1.807, 2.05) is 56.3 Å². The molecule has 5 aromatic rings. The van der Waals surface area contributed by atoms with Gasteiger partial charge in [-0.05, 0) is 95.3 Å². The molecule has 0 aliphatic carbocycles. The molecule has 7 rings (SSSR count). The Hall–Kier alpha value is -4.97. The number of carbonyl (C=O) groups is 2. The van der Waals surface area contributed by atoms with Crippen molar-refractivity contribution in [3.63, 3.8) is 0 Å². The predicted octanol–water partition coefficient (Wildman–Crippen LogP) is 8.12. The van der Waals surface area contributed by atoms with Crippen LogP contribution in [0.1, 0.15) is 74.0 Å². The van der Waals surface area contributed by atoms with E-state index in [1.165, 1.54) is 12.1 Å². The fourth-order valence-corrected chi connectivity index (χ4v) is 8.60. The second-order valence-electron chi connectivity index (χ2n) is 15.6. The highest BCUT2D eigenvalue weighted by molar-refractivity contribution is 6.31. The number of hydrogen-bond donors (Lipinski definition) is 4. The summed E-state index contributed by atoms with van der Waals surface area (Å²) < 4.78 is 6.02. The Morgan fingerprint density at radius 1 is 1.04 bits per heavy atom. The first-order valence-electron chi connectivity index (χ1n) is 18.0. The molecule has 4 aromatic carbocycles. The number of carbonyl (C=O) groups excluding carboxylic acids is 1. The highest BCUT2D eigenvalue weighted by Gasteiger charge is 2.62. The molecule has 4 atom stereocenters. The van der Waals surface area contributed by atoms with Crippen molar-refractivity contribution in [2.24, 2.45) is 5.41 Å². The van der Waals surface area contributed by atoms with Crippen molar-refractivity contribution in [1.82, 2.24) is 25.9 Å². The van der Waals surface area contributed by atoms with Crippen molar-refractivity contribution in [2.45, 2.75) is 77.1 Å². The van der Waals surface area contributed by atoms with Gasteiger partial charge < -0.3 is 25.4 Å². The van der Waals surface area contributed by atoms with Crippen LogP contribution in [0.2, 0.25) is 10.0 Å². The molecule has 1 saturated heterocycles. The number of hydrogen-bond acceptors (Lipinski definition) is 8. The number of H-pyrrole nitrogens is 1. The van der Waals surface area contributed by atoms with Crippen molar-refractivity contribution >= 4 is 46.5 Å². The van der Waals surface area contributed by atoms with Crippen LogP contribution in [0.25, 0.3) is 11.4 Å². The highest BCUT2D eigenvalue weighted by Crippen LogP contribution is 2.59. The number of fused-ring (bicyclic) bond motifs is 2. The monoisotopic (exact) mass is 767 g/mol. The average Bonchev–Trinajstić information content (AvgIpc) is 3.83. The van der Waals surface area contributed by atoms with Gasteiger partial charge in [0.25, 0.3) is 0 Å². The summed E-state index contributed by atoms with van der Waals surface area (Å²) in [6, 6.07) is 25.5. The van der Waals surface area contributed by atoms with Crippen LogP contribution in [0.15, 0.2) is 84.9 Å². The van der Waals surface area contributed by atoms with Crippen LogP contribution in [-0.4, -0.2) is 62.3 Å². The third-order valence-electron chi connectivity index (χ3n) is 10.3. The maximum atomic E-state index is 14.9. The van der Waals surface area contributed by atoms with E-state index >= 15 is 0 Å². The standard InChI is InChI=1S/C41H43Cl2N7O4/c1-23(2)54-33-18-26(39(52)53)14-16-31(33)44-38(51)36-35(28-8-6-7-9-30(28)43)41(34(45-36)20-40(3,4)5)22-50(32-17-15-27(42)19-29(32)41)21-24-10-12-25(13-11-24)37-46-48-49-47-37/h6-19,23,34-36,45H,20-22H2,1-5H3,(H,44,51)(H,52,53)(H,46,47,48,49)/t34-,35-,36+,41-/m0/s1. The Kier molecular flexibility index (Phi) is 10.2. The van der Waals surface area contributed by atoms with E-state index in [4.69, 9.17) is 27.9 Å². The van der Waals surface area contributed by atoms with Crippen LogP contribution in [-0.2, 0) is 16.8 Å². The minimum atomic E-state index is -1.09. The van der Waals surface area contributed by atoms with Crippen molar-refractivity contribution in [3.05, 3.63) is 117 Å². The summed E-state index contributed by atoms with van der Waals surface area (Å²) in [4.78, 5) is 29.1. The van der Waals surface area contributed by atoms with E-state index < -0.39 is 23.3 Å². The lowest BCUT2D eigenvalue weighted by Crippen LogP contribution is -2.48. The Labute approximate surface area is 324 Å². The number of carboxylic acids is 1. The molecular formula is C41H43Cl2N7O4. The average molecular weight is 769 g/mol. The lowest BCUT2D eigenvalue weighted by Gasteiger charge is -2.40. The van der Waals surface area contributed by atoms with Crippen LogP contribution in [0.5, 0.6) is 5.75 Å².